The fourth-order valence-electron chi connectivity index (χ4n) is 3.17. The molecule has 1 aromatic heterocycles. The average Bonchev–Trinajstić information content (AvgIpc) is 2.74. The van der Waals surface area contributed by atoms with Crippen LogP contribution in [0.15, 0.2) is 48.7 Å². The number of nitrogens with one attached hydrogen (secondary N) is 2. The molecule has 0 unspecified atom stereocenters. The van der Waals surface area contributed by atoms with Crippen LogP contribution >= 0.6 is 11.6 Å². The van der Waals surface area contributed by atoms with Crippen molar-refractivity contribution >= 4 is 29.2 Å². The van der Waals surface area contributed by atoms with Crippen LogP contribution in [0.4, 0.5) is 5.82 Å². The lowest BCUT2D eigenvalue weighted by molar-refractivity contribution is -0.123. The Hall–Kier alpha value is -2.64. The van der Waals surface area contributed by atoms with E-state index in [1.807, 2.05) is 12.1 Å². The van der Waals surface area contributed by atoms with Crippen LogP contribution in [0.25, 0.3) is 0 Å². The molecule has 0 bridgehead atoms. The number of ether oxygens (including phenoxy) is 1. The molecule has 0 spiro atoms. The second kappa shape index (κ2) is 10.8. The minimum atomic E-state index is -0.0518. The summed E-state index contributed by atoms with van der Waals surface area (Å²) in [5, 5.41) is 6.36. The molecule has 0 radical (unpaired) electrons. The van der Waals surface area contributed by atoms with Crippen molar-refractivity contribution in [3.05, 3.63) is 53.7 Å². The normalized spacial score (nSPS) is 14.9. The van der Waals surface area contributed by atoms with Crippen LogP contribution in [0.2, 0.25) is 5.02 Å². The largest absolute Gasteiger partial charge is 0.492 e. The predicted octanol–water partition coefficient (Wildman–Crippen LogP) is 2.58. The van der Waals surface area contributed by atoms with E-state index >= 15 is 0 Å². The van der Waals surface area contributed by atoms with E-state index in [4.69, 9.17) is 16.3 Å². The number of halogens is 1. The number of aromatic nitrogens is 1. The number of likely N-dealkylation sites (tertiary alicyclic amines) is 1. The van der Waals surface area contributed by atoms with Gasteiger partial charge in [-0.05, 0) is 62.3 Å². The number of pyridine rings is 1. The fraction of sp³-hybridized carbons (Fsp3) is 0.381. The molecular weight excluding hydrogens is 392 g/mol. The van der Waals surface area contributed by atoms with E-state index in [1.165, 1.54) is 0 Å². The van der Waals surface area contributed by atoms with Gasteiger partial charge in [-0.3, -0.25) is 14.5 Å². The number of anilines is 1. The van der Waals surface area contributed by atoms with E-state index < -0.39 is 0 Å². The molecule has 8 heteroatoms. The summed E-state index contributed by atoms with van der Waals surface area (Å²) in [5.41, 5.74) is 0. The highest BCUT2D eigenvalue weighted by Crippen LogP contribution is 2.19. The summed E-state index contributed by atoms with van der Waals surface area (Å²) in [4.78, 5) is 30.6. The first-order chi connectivity index (χ1) is 14.1. The van der Waals surface area contributed by atoms with Gasteiger partial charge in [0, 0.05) is 17.1 Å². The smallest absolute Gasteiger partial charge is 0.234 e. The molecule has 2 heterocycles. The van der Waals surface area contributed by atoms with Gasteiger partial charge in [-0.25, -0.2) is 4.98 Å². The van der Waals surface area contributed by atoms with Crippen LogP contribution in [-0.4, -0.2) is 54.5 Å². The molecule has 0 saturated carbocycles. The van der Waals surface area contributed by atoms with Crippen molar-refractivity contribution in [2.75, 3.05) is 38.1 Å². The van der Waals surface area contributed by atoms with Gasteiger partial charge < -0.3 is 15.4 Å². The van der Waals surface area contributed by atoms with E-state index in [9.17, 15) is 9.59 Å². The number of carbonyl (C=O) groups is 2. The minimum absolute atomic E-state index is 0.00727. The van der Waals surface area contributed by atoms with Crippen LogP contribution in [-0.2, 0) is 9.59 Å². The van der Waals surface area contributed by atoms with Crippen LogP contribution in [0.5, 0.6) is 5.75 Å². The Bertz CT molecular complexity index is 793. The zero-order valence-corrected chi connectivity index (χ0v) is 16.9. The third-order valence-electron chi connectivity index (χ3n) is 4.75. The molecule has 1 fully saturated rings. The van der Waals surface area contributed by atoms with Gasteiger partial charge in [-0.15, -0.1) is 0 Å². The highest BCUT2D eigenvalue weighted by Gasteiger charge is 2.26. The third-order valence-corrected chi connectivity index (χ3v) is 5.00. The Kier molecular flexibility index (Phi) is 7.84. The first-order valence-corrected chi connectivity index (χ1v) is 10.1. The third kappa shape index (κ3) is 7.03. The molecule has 2 aromatic rings. The van der Waals surface area contributed by atoms with Crippen LogP contribution < -0.4 is 15.4 Å². The van der Waals surface area contributed by atoms with E-state index in [0.29, 0.717) is 30.5 Å². The zero-order chi connectivity index (χ0) is 20.5. The minimum Gasteiger partial charge on any atom is -0.492 e. The highest BCUT2D eigenvalue weighted by atomic mass is 35.5. The van der Waals surface area contributed by atoms with Gasteiger partial charge in [0.25, 0.3) is 0 Å². The Labute approximate surface area is 175 Å². The lowest BCUT2D eigenvalue weighted by Crippen LogP contribution is -2.44. The molecule has 3 rings (SSSR count). The predicted molar refractivity (Wildman–Crippen MR) is 112 cm³/mol. The second-order valence-corrected chi connectivity index (χ2v) is 7.34. The molecule has 1 aliphatic rings. The van der Waals surface area contributed by atoms with Crippen molar-refractivity contribution in [3.8, 4) is 5.75 Å². The highest BCUT2D eigenvalue weighted by molar-refractivity contribution is 6.30. The van der Waals surface area contributed by atoms with Crippen LogP contribution in [0.3, 0.4) is 0 Å². The SMILES string of the molecule is O=C(CN1CCC(C(=O)Nc2ccccn2)CC1)NCCOc1ccc(Cl)cc1. The first-order valence-electron chi connectivity index (χ1n) is 9.69. The molecule has 2 amide bonds. The van der Waals surface area contributed by atoms with Crippen molar-refractivity contribution in [2.45, 2.75) is 12.8 Å². The number of nitrogens with zero attached hydrogens (tertiary/aromatic N) is 2. The lowest BCUT2D eigenvalue weighted by Gasteiger charge is -2.30. The molecule has 29 heavy (non-hydrogen) atoms. The Morgan fingerprint density at radius 1 is 1.14 bits per heavy atom. The molecular formula is C21H25ClN4O3. The maximum atomic E-state index is 12.3. The molecule has 0 atom stereocenters. The summed E-state index contributed by atoms with van der Waals surface area (Å²) in [6.45, 7) is 2.59. The number of hydrogen-bond acceptors (Lipinski definition) is 5. The maximum Gasteiger partial charge on any atom is 0.234 e. The Morgan fingerprint density at radius 2 is 1.90 bits per heavy atom. The van der Waals surface area contributed by atoms with Gasteiger partial charge in [-0.2, -0.15) is 0 Å². The molecule has 0 aliphatic carbocycles. The second-order valence-electron chi connectivity index (χ2n) is 6.91. The van der Waals surface area contributed by atoms with E-state index in [0.717, 1.165) is 31.7 Å². The number of hydrogen-bond donors (Lipinski definition) is 2. The van der Waals surface area contributed by atoms with Gasteiger partial charge in [0.15, 0.2) is 0 Å². The lowest BCUT2D eigenvalue weighted by atomic mass is 9.96. The van der Waals surface area contributed by atoms with Gasteiger partial charge in [0.1, 0.15) is 18.2 Å². The number of piperidine rings is 1. The van der Waals surface area contributed by atoms with Crippen molar-refractivity contribution in [2.24, 2.45) is 5.92 Å². The Morgan fingerprint density at radius 3 is 2.59 bits per heavy atom. The molecule has 7 nitrogen and oxygen atoms in total. The van der Waals surface area contributed by atoms with Gasteiger partial charge in [0.05, 0.1) is 13.1 Å². The standard InChI is InChI=1S/C21H25ClN4O3/c22-17-4-6-18(7-5-17)29-14-11-24-20(27)15-26-12-8-16(9-13-26)21(28)25-19-3-1-2-10-23-19/h1-7,10,16H,8-9,11-15H2,(H,24,27)(H,23,25,28). The van der Waals surface area contributed by atoms with E-state index in [2.05, 4.69) is 20.5 Å². The van der Waals surface area contributed by atoms with Crippen molar-refractivity contribution in [3.63, 3.8) is 0 Å². The molecule has 1 aliphatic heterocycles. The average molecular weight is 417 g/mol. The topological polar surface area (TPSA) is 83.6 Å². The number of rotatable bonds is 8. The summed E-state index contributed by atoms with van der Waals surface area (Å²) >= 11 is 5.83. The first kappa shape index (κ1) is 21.1. The monoisotopic (exact) mass is 416 g/mol. The summed E-state index contributed by atoms with van der Waals surface area (Å²) in [5.74, 6) is 1.19. The van der Waals surface area contributed by atoms with Crippen molar-refractivity contribution < 1.29 is 14.3 Å². The fourth-order valence-corrected chi connectivity index (χ4v) is 3.29. The number of benzene rings is 1. The summed E-state index contributed by atoms with van der Waals surface area (Å²) in [7, 11) is 0. The number of amides is 2. The van der Waals surface area contributed by atoms with Crippen molar-refractivity contribution in [1.29, 1.82) is 0 Å². The zero-order valence-electron chi connectivity index (χ0n) is 16.1. The molecule has 1 aromatic carbocycles. The molecule has 1 saturated heterocycles. The van der Waals surface area contributed by atoms with E-state index in [-0.39, 0.29) is 17.7 Å². The van der Waals surface area contributed by atoms with Crippen LogP contribution in [0.1, 0.15) is 12.8 Å². The molecule has 2 N–H and O–H groups in total. The van der Waals surface area contributed by atoms with Crippen molar-refractivity contribution in [1.82, 2.24) is 15.2 Å². The van der Waals surface area contributed by atoms with E-state index in [1.54, 1.807) is 36.5 Å². The molecule has 154 valence electrons. The number of carbonyl (C=O) groups excluding carboxylic acids is 2. The summed E-state index contributed by atoms with van der Waals surface area (Å²) in [6.07, 6.45) is 3.11. The summed E-state index contributed by atoms with van der Waals surface area (Å²) in [6, 6.07) is 12.5. The van der Waals surface area contributed by atoms with Gasteiger partial charge in [-0.1, -0.05) is 17.7 Å². The Balaban J connectivity index is 1.30. The van der Waals surface area contributed by atoms with Gasteiger partial charge in [0.2, 0.25) is 11.8 Å². The quantitative estimate of drug-likeness (QED) is 0.646. The van der Waals surface area contributed by atoms with Gasteiger partial charge >= 0.3 is 0 Å². The summed E-state index contributed by atoms with van der Waals surface area (Å²) < 4.78 is 5.55. The van der Waals surface area contributed by atoms with Crippen LogP contribution in [0, 0.1) is 5.92 Å². The maximum absolute atomic E-state index is 12.3.